The van der Waals surface area contributed by atoms with E-state index in [9.17, 15) is 4.79 Å². The number of carbonyl (C=O) groups excluding carboxylic acids is 1. The zero-order chi connectivity index (χ0) is 15.5. The molecule has 0 aliphatic rings. The Morgan fingerprint density at radius 3 is 2.41 bits per heavy atom. The molecule has 1 heterocycles. The van der Waals surface area contributed by atoms with E-state index in [2.05, 4.69) is 4.37 Å². The third kappa shape index (κ3) is 2.99. The van der Waals surface area contributed by atoms with E-state index in [4.69, 9.17) is 27.9 Å². The van der Waals surface area contributed by atoms with Crippen molar-refractivity contribution in [3.05, 3.63) is 70.3 Å². The van der Waals surface area contributed by atoms with Gasteiger partial charge in [-0.25, -0.2) is 4.79 Å². The van der Waals surface area contributed by atoms with E-state index in [1.165, 1.54) is 0 Å². The lowest BCUT2D eigenvalue weighted by atomic mass is 10.1. The van der Waals surface area contributed by atoms with Gasteiger partial charge in [0.15, 0.2) is 5.15 Å². The Bertz CT molecular complexity index is 818. The van der Waals surface area contributed by atoms with Gasteiger partial charge in [-0.15, -0.1) is 0 Å². The lowest BCUT2D eigenvalue weighted by Gasteiger charge is -2.06. The molecule has 3 rings (SSSR count). The summed E-state index contributed by atoms with van der Waals surface area (Å²) in [5.41, 5.74) is 0.928. The minimum atomic E-state index is -0.556. The third-order valence-electron chi connectivity index (χ3n) is 2.93. The summed E-state index contributed by atoms with van der Waals surface area (Å²) in [4.78, 5) is 13.0. The first kappa shape index (κ1) is 15.0. The first-order valence-corrected chi connectivity index (χ1v) is 7.87. The second kappa shape index (κ2) is 6.48. The molecule has 0 bridgehead atoms. The van der Waals surface area contributed by atoms with E-state index >= 15 is 0 Å². The molecular weight excluding hydrogens is 341 g/mol. The van der Waals surface area contributed by atoms with Crippen LogP contribution in [0.15, 0.2) is 54.6 Å². The molecule has 2 aromatic carbocycles. The van der Waals surface area contributed by atoms with Gasteiger partial charge < -0.3 is 4.74 Å². The lowest BCUT2D eigenvalue weighted by Crippen LogP contribution is -2.09. The minimum Gasteiger partial charge on any atom is -0.423 e. The molecule has 22 heavy (non-hydrogen) atoms. The molecule has 0 atom stereocenters. The maximum absolute atomic E-state index is 12.4. The number of aromatic nitrogens is 1. The number of esters is 1. The third-order valence-corrected chi connectivity index (χ3v) is 4.51. The summed E-state index contributed by atoms with van der Waals surface area (Å²) in [6, 6.07) is 16.0. The van der Waals surface area contributed by atoms with Gasteiger partial charge in [-0.2, -0.15) is 4.37 Å². The van der Waals surface area contributed by atoms with Gasteiger partial charge in [0, 0.05) is 10.6 Å². The summed E-state index contributed by atoms with van der Waals surface area (Å²) in [7, 11) is 0. The summed E-state index contributed by atoms with van der Waals surface area (Å²) in [6.45, 7) is 0. The second-order valence-corrected chi connectivity index (χ2v) is 5.90. The van der Waals surface area contributed by atoms with E-state index in [0.717, 1.165) is 11.5 Å². The maximum Gasteiger partial charge on any atom is 0.348 e. The van der Waals surface area contributed by atoms with Crippen molar-refractivity contribution >= 4 is 40.7 Å². The molecule has 0 unspecified atom stereocenters. The Balaban J connectivity index is 1.99. The average molecular weight is 350 g/mol. The highest BCUT2D eigenvalue weighted by molar-refractivity contribution is 7.10. The molecule has 1 aromatic heterocycles. The number of nitrogens with zero attached hydrogens (tertiary/aromatic N) is 1. The van der Waals surface area contributed by atoms with Gasteiger partial charge in [0.25, 0.3) is 0 Å². The first-order valence-electron chi connectivity index (χ1n) is 6.34. The van der Waals surface area contributed by atoms with Crippen LogP contribution in [0.5, 0.6) is 5.75 Å². The number of ether oxygens (including phenoxy) is 1. The highest BCUT2D eigenvalue weighted by Gasteiger charge is 2.24. The highest BCUT2D eigenvalue weighted by Crippen LogP contribution is 2.37. The van der Waals surface area contributed by atoms with Crippen LogP contribution in [0.3, 0.4) is 0 Å². The zero-order valence-corrected chi connectivity index (χ0v) is 13.5. The van der Waals surface area contributed by atoms with Crippen LogP contribution >= 0.6 is 34.7 Å². The number of rotatable bonds is 3. The number of benzene rings is 2. The van der Waals surface area contributed by atoms with Crippen molar-refractivity contribution in [3.63, 3.8) is 0 Å². The van der Waals surface area contributed by atoms with Crippen LogP contribution in [0.25, 0.3) is 10.4 Å². The molecule has 0 radical (unpaired) electrons. The highest BCUT2D eigenvalue weighted by atomic mass is 35.5. The van der Waals surface area contributed by atoms with Crippen LogP contribution in [-0.4, -0.2) is 10.3 Å². The van der Waals surface area contributed by atoms with Crippen LogP contribution in [0.2, 0.25) is 10.2 Å². The van der Waals surface area contributed by atoms with Crippen molar-refractivity contribution in [3.8, 4) is 16.2 Å². The van der Waals surface area contributed by atoms with Gasteiger partial charge >= 0.3 is 5.97 Å². The molecule has 0 amide bonds. The predicted molar refractivity (Wildman–Crippen MR) is 89.0 cm³/mol. The van der Waals surface area contributed by atoms with Gasteiger partial charge in [0.05, 0.1) is 4.88 Å². The normalized spacial score (nSPS) is 10.5. The number of hydrogen-bond donors (Lipinski definition) is 0. The van der Waals surface area contributed by atoms with Crippen LogP contribution in [0.1, 0.15) is 10.4 Å². The summed E-state index contributed by atoms with van der Waals surface area (Å²) in [5.74, 6) is -0.111. The second-order valence-electron chi connectivity index (χ2n) is 4.36. The molecule has 3 aromatic rings. The fraction of sp³-hybridized carbons (Fsp3) is 0. The topological polar surface area (TPSA) is 39.2 Å². The fourth-order valence-corrected chi connectivity index (χ4v) is 3.35. The van der Waals surface area contributed by atoms with Crippen molar-refractivity contribution in [2.75, 3.05) is 0 Å². The van der Waals surface area contributed by atoms with E-state index in [1.54, 1.807) is 30.3 Å². The van der Waals surface area contributed by atoms with Crippen LogP contribution in [0.4, 0.5) is 0 Å². The summed E-state index contributed by atoms with van der Waals surface area (Å²) < 4.78 is 9.39. The predicted octanol–water partition coefficient (Wildman–Crippen LogP) is 5.34. The zero-order valence-electron chi connectivity index (χ0n) is 11.1. The molecule has 0 N–H and O–H groups in total. The Morgan fingerprint density at radius 1 is 1.00 bits per heavy atom. The van der Waals surface area contributed by atoms with E-state index in [-0.39, 0.29) is 10.7 Å². The van der Waals surface area contributed by atoms with Gasteiger partial charge in [-0.05, 0) is 29.7 Å². The van der Waals surface area contributed by atoms with Crippen molar-refractivity contribution in [2.24, 2.45) is 0 Å². The van der Waals surface area contributed by atoms with Crippen LogP contribution in [0, 0.1) is 0 Å². The number of carbonyl (C=O) groups is 1. The Kier molecular flexibility index (Phi) is 4.43. The minimum absolute atomic E-state index is 0.112. The summed E-state index contributed by atoms with van der Waals surface area (Å²) >= 11 is 13.4. The molecular formula is C16H9Cl2NO2S. The van der Waals surface area contributed by atoms with E-state index in [0.29, 0.717) is 21.2 Å². The maximum atomic E-state index is 12.4. The molecule has 0 aliphatic heterocycles. The SMILES string of the molecule is O=C(Oc1ccccc1)c1c(Cl)nsc1-c1ccccc1Cl. The number of hydrogen-bond acceptors (Lipinski definition) is 4. The molecule has 0 saturated carbocycles. The van der Waals surface area contributed by atoms with Gasteiger partial charge in [-0.3, -0.25) is 0 Å². The van der Waals surface area contributed by atoms with Crippen LogP contribution < -0.4 is 4.74 Å². The van der Waals surface area contributed by atoms with E-state index in [1.807, 2.05) is 24.3 Å². The Morgan fingerprint density at radius 2 is 1.68 bits per heavy atom. The van der Waals surface area contributed by atoms with Crippen molar-refractivity contribution < 1.29 is 9.53 Å². The summed E-state index contributed by atoms with van der Waals surface area (Å²) in [6.07, 6.45) is 0. The quantitative estimate of drug-likeness (QED) is 0.473. The van der Waals surface area contributed by atoms with Gasteiger partial charge in [0.1, 0.15) is 11.3 Å². The van der Waals surface area contributed by atoms with Gasteiger partial charge in [0.2, 0.25) is 0 Å². The Labute approximate surface area is 141 Å². The molecule has 6 heteroatoms. The largest absolute Gasteiger partial charge is 0.423 e. The van der Waals surface area contributed by atoms with Gasteiger partial charge in [-0.1, -0.05) is 59.6 Å². The van der Waals surface area contributed by atoms with Crippen LogP contribution in [-0.2, 0) is 0 Å². The van der Waals surface area contributed by atoms with E-state index < -0.39 is 5.97 Å². The lowest BCUT2D eigenvalue weighted by molar-refractivity contribution is 0.0736. The van der Waals surface area contributed by atoms with Crippen molar-refractivity contribution in [1.29, 1.82) is 0 Å². The first-order chi connectivity index (χ1) is 10.7. The standard InChI is InChI=1S/C16H9Cl2NO2S/c17-12-9-5-4-8-11(12)14-13(15(18)19-22-14)16(20)21-10-6-2-1-3-7-10/h1-9H. The summed E-state index contributed by atoms with van der Waals surface area (Å²) in [5, 5.41) is 0.637. The Hall–Kier alpha value is -1.88. The fourth-order valence-electron chi connectivity index (χ4n) is 1.92. The van der Waals surface area contributed by atoms with Crippen molar-refractivity contribution in [2.45, 2.75) is 0 Å². The average Bonchev–Trinajstić information content (AvgIpc) is 2.90. The molecule has 3 nitrogen and oxygen atoms in total. The monoisotopic (exact) mass is 349 g/mol. The molecule has 0 fully saturated rings. The van der Waals surface area contributed by atoms with Crippen molar-refractivity contribution in [1.82, 2.24) is 4.37 Å². The number of halogens is 2. The molecule has 0 spiro atoms. The molecule has 0 aliphatic carbocycles. The number of para-hydroxylation sites is 1. The molecule has 0 saturated heterocycles. The molecule has 110 valence electrons. The smallest absolute Gasteiger partial charge is 0.348 e.